The van der Waals surface area contributed by atoms with Crippen LogP contribution in [0.2, 0.25) is 0 Å². The molecule has 2 aliphatic carbocycles. The van der Waals surface area contributed by atoms with Crippen molar-refractivity contribution in [2.75, 3.05) is 25.5 Å². The molecule has 1 fully saturated rings. The molecule has 0 radical (unpaired) electrons. The zero-order valence-corrected chi connectivity index (χ0v) is 22.7. The van der Waals surface area contributed by atoms with Crippen LogP contribution in [0.4, 0.5) is 10.1 Å². The number of amides is 1. The minimum Gasteiger partial charge on any atom is -0.370 e. The zero-order valence-electron chi connectivity index (χ0n) is 20.9. The Morgan fingerprint density at radius 2 is 2.05 bits per heavy atom. The maximum atomic E-state index is 13.3. The Morgan fingerprint density at radius 1 is 1.32 bits per heavy atom. The monoisotopic (exact) mass is 548 g/mol. The summed E-state index contributed by atoms with van der Waals surface area (Å²) in [5.41, 5.74) is 7.75. The molecule has 1 saturated carbocycles. The van der Waals surface area contributed by atoms with Gasteiger partial charge in [-0.15, -0.1) is 0 Å². The van der Waals surface area contributed by atoms with Crippen LogP contribution in [0, 0.1) is 5.82 Å². The van der Waals surface area contributed by atoms with Gasteiger partial charge >= 0.3 is 0 Å². The maximum Gasteiger partial charge on any atom is 0.274 e. The van der Waals surface area contributed by atoms with Gasteiger partial charge in [-0.05, 0) is 48.2 Å². The quantitative estimate of drug-likeness (QED) is 0.217. The molecular weight excluding hydrogens is 515 g/mol. The lowest BCUT2D eigenvalue weighted by Gasteiger charge is -2.49. The molecule has 0 bridgehead atoms. The number of aliphatic imine (C=N–C) groups is 1. The molecule has 2 aliphatic rings. The second-order valence-corrected chi connectivity index (χ2v) is 12.3. The Bertz CT molecular complexity index is 1280. The number of aromatic nitrogens is 1. The Hall–Kier alpha value is -2.70. The highest BCUT2D eigenvalue weighted by molar-refractivity contribution is 7.89. The van der Waals surface area contributed by atoms with Gasteiger partial charge in [0.15, 0.2) is 5.96 Å². The molecule has 1 amide bonds. The molecule has 2 aromatic rings. The minimum atomic E-state index is -3.45. The summed E-state index contributed by atoms with van der Waals surface area (Å²) in [5, 5.41) is 5.25. The molecule has 1 aromatic carbocycles. The number of nitrogens with two attached hydrogens (primary N) is 1. The van der Waals surface area contributed by atoms with Crippen LogP contribution in [0.5, 0.6) is 0 Å². The first-order chi connectivity index (χ1) is 17.6. The van der Waals surface area contributed by atoms with Crippen LogP contribution in [0.3, 0.4) is 0 Å². The van der Waals surface area contributed by atoms with Crippen molar-refractivity contribution in [1.82, 2.24) is 14.6 Å². The van der Waals surface area contributed by atoms with E-state index in [9.17, 15) is 17.6 Å². The first-order valence-corrected chi connectivity index (χ1v) is 14.4. The number of hydrogen-bond donors (Lipinski definition) is 4. The van der Waals surface area contributed by atoms with Crippen LogP contribution in [0.25, 0.3) is 0 Å². The number of halogens is 1. The van der Waals surface area contributed by atoms with Crippen molar-refractivity contribution >= 4 is 40.2 Å². The lowest BCUT2D eigenvalue weighted by Crippen LogP contribution is -2.63. The number of guanidine groups is 1. The smallest absolute Gasteiger partial charge is 0.274 e. The van der Waals surface area contributed by atoms with Gasteiger partial charge in [0.05, 0.1) is 17.0 Å². The molecule has 4 rings (SSSR count). The molecule has 0 aliphatic heterocycles. The first kappa shape index (κ1) is 27.3. The van der Waals surface area contributed by atoms with Crippen LogP contribution in [-0.4, -0.2) is 60.2 Å². The molecular formula is C25H33FN6O3S2. The third kappa shape index (κ3) is 5.46. The second-order valence-electron chi connectivity index (χ2n) is 9.49. The van der Waals surface area contributed by atoms with Gasteiger partial charge in [0.1, 0.15) is 11.5 Å². The number of fused-ring (bicyclic) bond motifs is 1. The summed E-state index contributed by atoms with van der Waals surface area (Å²) in [7, 11) is -1.89. The van der Waals surface area contributed by atoms with E-state index in [0.717, 1.165) is 30.2 Å². The lowest BCUT2D eigenvalue weighted by atomic mass is 9.68. The van der Waals surface area contributed by atoms with E-state index >= 15 is 0 Å². The van der Waals surface area contributed by atoms with Gasteiger partial charge in [-0.1, -0.05) is 25.8 Å². The molecule has 9 nitrogen and oxygen atoms in total. The number of carbonyl (C=O) groups is 1. The average Bonchev–Trinajstić information content (AvgIpc) is 3.42. The van der Waals surface area contributed by atoms with Crippen molar-refractivity contribution in [3.8, 4) is 0 Å². The number of thiol groups is 1. The van der Waals surface area contributed by atoms with Crippen molar-refractivity contribution in [3.05, 3.63) is 59.2 Å². The Labute approximate surface area is 222 Å². The van der Waals surface area contributed by atoms with Gasteiger partial charge < -0.3 is 16.4 Å². The summed E-state index contributed by atoms with van der Waals surface area (Å²) in [5.74, 6) is -0.800. The van der Waals surface area contributed by atoms with Crippen molar-refractivity contribution in [2.24, 2.45) is 10.7 Å². The van der Waals surface area contributed by atoms with E-state index in [-0.39, 0.29) is 23.4 Å². The van der Waals surface area contributed by atoms with Gasteiger partial charge in [-0.25, -0.2) is 22.1 Å². The summed E-state index contributed by atoms with van der Waals surface area (Å²) in [6.45, 7) is 2.37. The van der Waals surface area contributed by atoms with E-state index in [1.165, 1.54) is 16.4 Å². The fourth-order valence-corrected chi connectivity index (χ4v) is 7.82. The molecule has 1 aromatic heterocycles. The maximum absolute atomic E-state index is 13.3. The van der Waals surface area contributed by atoms with Crippen LogP contribution < -0.4 is 16.4 Å². The highest BCUT2D eigenvalue weighted by atomic mass is 32.2. The van der Waals surface area contributed by atoms with E-state index < -0.39 is 32.5 Å². The van der Waals surface area contributed by atoms with E-state index in [0.29, 0.717) is 31.5 Å². The molecule has 2 atom stereocenters. The molecule has 1 heterocycles. The van der Waals surface area contributed by atoms with E-state index in [2.05, 4.69) is 20.6 Å². The van der Waals surface area contributed by atoms with Gasteiger partial charge in [-0.2, -0.15) is 12.6 Å². The zero-order chi connectivity index (χ0) is 26.8. The number of sulfonamides is 1. The van der Waals surface area contributed by atoms with Crippen molar-refractivity contribution in [3.63, 3.8) is 0 Å². The molecule has 200 valence electrons. The van der Waals surface area contributed by atoms with Crippen molar-refractivity contribution < 1.29 is 17.6 Å². The number of nitrogens with zero attached hydrogens (tertiary/aromatic N) is 3. The third-order valence-electron chi connectivity index (χ3n) is 7.25. The van der Waals surface area contributed by atoms with Gasteiger partial charge in [0.25, 0.3) is 5.91 Å². The van der Waals surface area contributed by atoms with E-state index in [4.69, 9.17) is 18.4 Å². The second kappa shape index (κ2) is 11.0. The molecule has 12 heteroatoms. The number of hydrogen-bond acceptors (Lipinski definition) is 6. The first-order valence-electron chi connectivity index (χ1n) is 12.3. The standard InChI is InChI=1S/C25H33FN6O3S2/c1-3-32(37(34,35)19-6-4-5-7-19)15-22(36)25(31-24(27)28-2)13-16-8-10-18(12-20(16)25)30-23(33)21-11-9-17(26)14-29-21/h8-12,14,19,22,36H,3-7,13,15H2,1-2H3,(H,30,33)(H3,27,28,31)/t22?,25-/m1/s1. The number of carbonyl (C=O) groups excluding carboxylic acids is 1. The summed E-state index contributed by atoms with van der Waals surface area (Å²) in [6.07, 6.45) is 4.76. The van der Waals surface area contributed by atoms with E-state index in [1.54, 1.807) is 13.1 Å². The largest absolute Gasteiger partial charge is 0.370 e. The van der Waals surface area contributed by atoms with Crippen molar-refractivity contribution in [2.45, 2.75) is 55.1 Å². The summed E-state index contributed by atoms with van der Waals surface area (Å²) >= 11 is 4.91. The summed E-state index contributed by atoms with van der Waals surface area (Å²) < 4.78 is 41.4. The molecule has 37 heavy (non-hydrogen) atoms. The fraction of sp³-hybridized carbons (Fsp3) is 0.480. The number of pyridine rings is 1. The predicted octanol–water partition coefficient (Wildman–Crippen LogP) is 2.65. The fourth-order valence-electron chi connectivity index (χ4n) is 5.15. The Kier molecular flexibility index (Phi) is 8.10. The summed E-state index contributed by atoms with van der Waals surface area (Å²) in [4.78, 5) is 20.5. The van der Waals surface area contributed by atoms with Gasteiger partial charge in [0, 0.05) is 37.5 Å². The van der Waals surface area contributed by atoms with Crippen LogP contribution >= 0.6 is 12.6 Å². The van der Waals surface area contributed by atoms with Crippen molar-refractivity contribution in [1.29, 1.82) is 0 Å². The number of benzene rings is 1. The van der Waals surface area contributed by atoms with Gasteiger partial charge in [-0.3, -0.25) is 9.79 Å². The molecule has 4 N–H and O–H groups in total. The SMILES string of the molecule is CCN(CC(S)[C@@]1(NC(N)=NC)Cc2ccc(NC(=O)c3ccc(F)cn3)cc21)S(=O)(=O)C1CCCC1. The Balaban J connectivity index is 1.60. The topological polar surface area (TPSA) is 130 Å². The van der Waals surface area contributed by atoms with Crippen LogP contribution in [-0.2, 0) is 22.0 Å². The Morgan fingerprint density at radius 3 is 2.68 bits per heavy atom. The van der Waals surface area contributed by atoms with Crippen LogP contribution in [0.1, 0.15) is 54.2 Å². The third-order valence-corrected chi connectivity index (χ3v) is 10.3. The highest BCUT2D eigenvalue weighted by Gasteiger charge is 2.49. The van der Waals surface area contributed by atoms with E-state index in [1.807, 2.05) is 19.1 Å². The number of rotatable bonds is 9. The number of anilines is 1. The minimum absolute atomic E-state index is 0.0820. The summed E-state index contributed by atoms with van der Waals surface area (Å²) in [6, 6.07) is 7.98. The average molecular weight is 549 g/mol. The normalized spacial score (nSPS) is 20.8. The predicted molar refractivity (Wildman–Crippen MR) is 146 cm³/mol. The highest BCUT2D eigenvalue weighted by Crippen LogP contribution is 2.45. The lowest BCUT2D eigenvalue weighted by molar-refractivity contribution is 0.102. The molecule has 1 unspecified atom stereocenters. The molecule has 0 spiro atoms. The molecule has 0 saturated heterocycles. The van der Waals surface area contributed by atoms with Crippen LogP contribution in [0.15, 0.2) is 41.5 Å². The van der Waals surface area contributed by atoms with Gasteiger partial charge in [0.2, 0.25) is 10.0 Å². The number of nitrogens with one attached hydrogen (secondary N) is 2.